The van der Waals surface area contributed by atoms with E-state index in [9.17, 15) is 0 Å². The van der Waals surface area contributed by atoms with Gasteiger partial charge in [-0.05, 0) is 23.8 Å². The van der Waals surface area contributed by atoms with E-state index in [1.54, 1.807) is 12.3 Å². The van der Waals surface area contributed by atoms with Crippen LogP contribution in [0, 0.1) is 0 Å². The predicted octanol–water partition coefficient (Wildman–Crippen LogP) is 4.14. The van der Waals surface area contributed by atoms with Gasteiger partial charge in [-0.3, -0.25) is 4.98 Å². The molecule has 2 aromatic rings. The monoisotopic (exact) mass is 237 g/mol. The Labute approximate surface area is 98.3 Å². The first kappa shape index (κ1) is 10.5. The molecule has 76 valence electrons. The van der Waals surface area contributed by atoms with Crippen LogP contribution in [0.5, 0.6) is 0 Å². The molecule has 0 radical (unpaired) electrons. The van der Waals surface area contributed by atoms with E-state index in [1.165, 1.54) is 0 Å². The van der Waals surface area contributed by atoms with Gasteiger partial charge in [0.25, 0.3) is 0 Å². The number of halogens is 2. The fraction of sp³-hybridized carbons (Fsp3) is 0.0833. The maximum absolute atomic E-state index is 6.07. The van der Waals surface area contributed by atoms with Crippen molar-refractivity contribution in [3.05, 3.63) is 47.1 Å². The second kappa shape index (κ2) is 4.65. The Morgan fingerprint density at radius 1 is 1.27 bits per heavy atom. The second-order valence-corrected chi connectivity index (χ2v) is 3.84. The first-order chi connectivity index (χ1) is 7.31. The van der Waals surface area contributed by atoms with Gasteiger partial charge in [-0.25, -0.2) is 0 Å². The largest absolute Gasteiger partial charge is 0.256 e. The Kier molecular flexibility index (Phi) is 3.24. The molecule has 2 rings (SSSR count). The van der Waals surface area contributed by atoms with Gasteiger partial charge in [-0.15, -0.1) is 11.6 Å². The average molecular weight is 238 g/mol. The second-order valence-electron chi connectivity index (χ2n) is 3.13. The maximum atomic E-state index is 6.07. The number of rotatable bonds is 2. The number of hydrogen-bond acceptors (Lipinski definition) is 1. The highest BCUT2D eigenvalue weighted by Gasteiger charge is 1.99. The summed E-state index contributed by atoms with van der Waals surface area (Å²) in [5.41, 5.74) is 1.99. The van der Waals surface area contributed by atoms with Gasteiger partial charge in [0, 0.05) is 17.5 Å². The fourth-order valence-electron chi connectivity index (χ4n) is 1.41. The molecule has 0 aliphatic rings. The third kappa shape index (κ3) is 2.31. The van der Waals surface area contributed by atoms with E-state index in [0.717, 1.165) is 21.5 Å². The summed E-state index contributed by atoms with van der Waals surface area (Å²) in [7, 11) is 0. The van der Waals surface area contributed by atoms with Crippen molar-refractivity contribution in [2.75, 3.05) is 5.88 Å². The van der Waals surface area contributed by atoms with Crippen LogP contribution in [0.25, 0.3) is 17.0 Å². The zero-order valence-corrected chi connectivity index (χ0v) is 9.46. The number of nitrogens with zero attached hydrogens (tertiary/aromatic N) is 1. The van der Waals surface area contributed by atoms with Crippen molar-refractivity contribution in [3.63, 3.8) is 0 Å². The van der Waals surface area contributed by atoms with Crippen molar-refractivity contribution >= 4 is 40.2 Å². The summed E-state index contributed by atoms with van der Waals surface area (Å²) in [4.78, 5) is 4.23. The van der Waals surface area contributed by atoms with Gasteiger partial charge in [-0.1, -0.05) is 29.8 Å². The summed E-state index contributed by atoms with van der Waals surface area (Å²) in [6.45, 7) is 0. The SMILES string of the molecule is ClCC=Cc1ccc2nccc(Cl)c2c1. The van der Waals surface area contributed by atoms with Crippen LogP contribution in [0.2, 0.25) is 5.02 Å². The Morgan fingerprint density at radius 3 is 2.93 bits per heavy atom. The molecule has 0 amide bonds. The molecule has 0 aliphatic heterocycles. The number of fused-ring (bicyclic) bond motifs is 1. The van der Waals surface area contributed by atoms with Crippen LogP contribution < -0.4 is 0 Å². The molecule has 0 spiro atoms. The van der Waals surface area contributed by atoms with Crippen molar-refractivity contribution in [1.82, 2.24) is 4.98 Å². The number of alkyl halides is 1. The highest BCUT2D eigenvalue weighted by Crippen LogP contribution is 2.22. The molecule has 0 aliphatic carbocycles. The van der Waals surface area contributed by atoms with Crippen molar-refractivity contribution in [2.24, 2.45) is 0 Å². The lowest BCUT2D eigenvalue weighted by Gasteiger charge is -2.00. The van der Waals surface area contributed by atoms with Crippen LogP contribution >= 0.6 is 23.2 Å². The maximum Gasteiger partial charge on any atom is 0.0717 e. The zero-order chi connectivity index (χ0) is 10.7. The van der Waals surface area contributed by atoms with E-state index in [4.69, 9.17) is 23.2 Å². The smallest absolute Gasteiger partial charge is 0.0717 e. The van der Waals surface area contributed by atoms with E-state index < -0.39 is 0 Å². The van der Waals surface area contributed by atoms with Crippen LogP contribution in [-0.4, -0.2) is 10.9 Å². The van der Waals surface area contributed by atoms with Gasteiger partial charge in [0.05, 0.1) is 10.5 Å². The third-order valence-corrected chi connectivity index (χ3v) is 2.62. The number of pyridine rings is 1. The minimum absolute atomic E-state index is 0.513. The van der Waals surface area contributed by atoms with Gasteiger partial charge in [0.1, 0.15) is 0 Å². The number of aromatic nitrogens is 1. The van der Waals surface area contributed by atoms with Gasteiger partial charge in [0.2, 0.25) is 0 Å². The summed E-state index contributed by atoms with van der Waals surface area (Å²) in [5.74, 6) is 0.513. The highest BCUT2D eigenvalue weighted by atomic mass is 35.5. The minimum Gasteiger partial charge on any atom is -0.256 e. The molecule has 0 atom stereocenters. The Morgan fingerprint density at radius 2 is 2.13 bits per heavy atom. The quantitative estimate of drug-likeness (QED) is 0.716. The molecule has 15 heavy (non-hydrogen) atoms. The molecule has 0 bridgehead atoms. The lowest BCUT2D eigenvalue weighted by atomic mass is 10.1. The van der Waals surface area contributed by atoms with Crippen LogP contribution in [0.1, 0.15) is 5.56 Å². The van der Waals surface area contributed by atoms with Crippen molar-refractivity contribution in [1.29, 1.82) is 0 Å². The molecule has 1 heterocycles. The van der Waals surface area contributed by atoms with Crippen LogP contribution in [0.4, 0.5) is 0 Å². The molecule has 1 aromatic carbocycles. The van der Waals surface area contributed by atoms with Crippen molar-refractivity contribution in [2.45, 2.75) is 0 Å². The van der Waals surface area contributed by atoms with E-state index in [-0.39, 0.29) is 0 Å². The van der Waals surface area contributed by atoms with Crippen LogP contribution in [0.3, 0.4) is 0 Å². The molecule has 1 aromatic heterocycles. The Balaban J connectivity index is 2.54. The molecule has 0 fully saturated rings. The zero-order valence-electron chi connectivity index (χ0n) is 7.95. The summed E-state index contributed by atoms with van der Waals surface area (Å²) in [5, 5.41) is 1.69. The number of allylic oxidation sites excluding steroid dienone is 1. The van der Waals surface area contributed by atoms with E-state index in [1.807, 2.05) is 30.4 Å². The van der Waals surface area contributed by atoms with E-state index >= 15 is 0 Å². The van der Waals surface area contributed by atoms with Gasteiger partial charge in [0.15, 0.2) is 0 Å². The summed E-state index contributed by atoms with van der Waals surface area (Å²) in [6.07, 6.45) is 5.57. The summed E-state index contributed by atoms with van der Waals surface area (Å²) < 4.78 is 0. The van der Waals surface area contributed by atoms with Crippen LogP contribution in [0.15, 0.2) is 36.5 Å². The van der Waals surface area contributed by atoms with Gasteiger partial charge >= 0.3 is 0 Å². The van der Waals surface area contributed by atoms with Crippen LogP contribution in [-0.2, 0) is 0 Å². The molecule has 0 saturated carbocycles. The summed E-state index contributed by atoms with van der Waals surface area (Å²) >= 11 is 11.6. The Hall–Kier alpha value is -1.05. The standard InChI is InChI=1S/C12H9Cl2N/c13-6-1-2-9-3-4-12-10(8-9)11(14)5-7-15-12/h1-5,7-8H,6H2. The first-order valence-electron chi connectivity index (χ1n) is 4.58. The molecule has 0 N–H and O–H groups in total. The minimum atomic E-state index is 0.513. The Bertz CT molecular complexity index is 506. The first-order valence-corrected chi connectivity index (χ1v) is 5.49. The molecule has 1 nitrogen and oxygen atoms in total. The van der Waals surface area contributed by atoms with E-state index in [2.05, 4.69) is 4.98 Å². The van der Waals surface area contributed by atoms with E-state index in [0.29, 0.717) is 5.88 Å². The predicted molar refractivity (Wildman–Crippen MR) is 66.5 cm³/mol. The number of benzene rings is 1. The molecular weight excluding hydrogens is 229 g/mol. The lowest BCUT2D eigenvalue weighted by molar-refractivity contribution is 1.41. The molecule has 0 saturated heterocycles. The average Bonchev–Trinajstić information content (AvgIpc) is 2.27. The highest BCUT2D eigenvalue weighted by molar-refractivity contribution is 6.35. The normalized spacial score (nSPS) is 11.3. The number of hydrogen-bond donors (Lipinski definition) is 0. The molecular formula is C12H9Cl2N. The topological polar surface area (TPSA) is 12.9 Å². The third-order valence-electron chi connectivity index (χ3n) is 2.11. The fourth-order valence-corrected chi connectivity index (χ4v) is 1.71. The molecule has 0 unspecified atom stereocenters. The lowest BCUT2D eigenvalue weighted by Crippen LogP contribution is -1.80. The van der Waals surface area contributed by atoms with Gasteiger partial charge < -0.3 is 0 Å². The van der Waals surface area contributed by atoms with Crippen molar-refractivity contribution in [3.8, 4) is 0 Å². The summed E-state index contributed by atoms with van der Waals surface area (Å²) in [6, 6.07) is 7.75. The molecule has 3 heteroatoms. The van der Waals surface area contributed by atoms with Crippen molar-refractivity contribution < 1.29 is 0 Å². The van der Waals surface area contributed by atoms with Gasteiger partial charge in [-0.2, -0.15) is 0 Å².